The first kappa shape index (κ1) is 18.9. The van der Waals surface area contributed by atoms with Gasteiger partial charge in [-0.3, -0.25) is 9.39 Å². The molecular formula is C19H22IN5S. The number of aliphatic imine (C=N–C) groups is 1. The van der Waals surface area contributed by atoms with Gasteiger partial charge in [-0.25, -0.2) is 4.98 Å². The third-order valence-corrected chi connectivity index (χ3v) is 5.21. The van der Waals surface area contributed by atoms with Crippen LogP contribution in [0.15, 0.2) is 59.2 Å². The molecule has 1 aliphatic heterocycles. The fraction of sp³-hybridized carbons (Fsp3) is 0.263. The lowest BCUT2D eigenvalue weighted by Gasteiger charge is -2.29. The first-order valence-corrected chi connectivity index (χ1v) is 9.32. The van der Waals surface area contributed by atoms with Crippen molar-refractivity contribution in [1.29, 1.82) is 0 Å². The molecule has 136 valence electrons. The lowest BCUT2D eigenvalue weighted by atomic mass is 10.00. The third-order valence-electron chi connectivity index (χ3n) is 4.44. The average Bonchev–Trinajstić information content (AvgIpc) is 3.25. The van der Waals surface area contributed by atoms with Crippen LogP contribution in [0, 0.1) is 0 Å². The van der Waals surface area contributed by atoms with Gasteiger partial charge in [0.25, 0.3) is 0 Å². The van der Waals surface area contributed by atoms with Crippen molar-refractivity contribution in [2.45, 2.75) is 13.0 Å². The summed E-state index contributed by atoms with van der Waals surface area (Å²) >= 11 is 1.65. The van der Waals surface area contributed by atoms with Gasteiger partial charge in [0, 0.05) is 37.9 Å². The molecule has 1 aromatic carbocycles. The third kappa shape index (κ3) is 4.09. The van der Waals surface area contributed by atoms with E-state index in [-0.39, 0.29) is 24.0 Å². The Kier molecular flexibility index (Phi) is 6.31. The summed E-state index contributed by atoms with van der Waals surface area (Å²) < 4.78 is 2.06. The minimum atomic E-state index is 0. The second kappa shape index (κ2) is 8.68. The van der Waals surface area contributed by atoms with Crippen LogP contribution >= 0.6 is 35.3 Å². The van der Waals surface area contributed by atoms with Gasteiger partial charge in [0.15, 0.2) is 10.9 Å². The van der Waals surface area contributed by atoms with Crippen molar-refractivity contribution in [1.82, 2.24) is 19.6 Å². The van der Waals surface area contributed by atoms with E-state index in [9.17, 15) is 0 Å². The van der Waals surface area contributed by atoms with Crippen molar-refractivity contribution < 1.29 is 0 Å². The minimum Gasteiger partial charge on any atom is -0.351 e. The highest BCUT2D eigenvalue weighted by molar-refractivity contribution is 14.0. The van der Waals surface area contributed by atoms with Crippen molar-refractivity contribution in [2.75, 3.05) is 20.1 Å². The van der Waals surface area contributed by atoms with Crippen LogP contribution in [0.4, 0.5) is 0 Å². The zero-order chi connectivity index (χ0) is 17.1. The van der Waals surface area contributed by atoms with Crippen LogP contribution in [0.5, 0.6) is 0 Å². The van der Waals surface area contributed by atoms with E-state index < -0.39 is 0 Å². The molecule has 0 bridgehead atoms. The largest absolute Gasteiger partial charge is 0.351 e. The molecular weight excluding hydrogens is 457 g/mol. The van der Waals surface area contributed by atoms with Crippen LogP contribution in [0.2, 0.25) is 0 Å². The number of halogens is 1. The van der Waals surface area contributed by atoms with E-state index in [1.165, 1.54) is 11.1 Å². The Morgan fingerprint density at radius 3 is 2.85 bits per heavy atom. The number of imidazole rings is 1. The average molecular weight is 479 g/mol. The summed E-state index contributed by atoms with van der Waals surface area (Å²) in [4.78, 5) is 12.4. The lowest BCUT2D eigenvalue weighted by molar-refractivity contribution is 0.439. The quantitative estimate of drug-likeness (QED) is 0.353. The van der Waals surface area contributed by atoms with Crippen LogP contribution in [-0.4, -0.2) is 40.4 Å². The van der Waals surface area contributed by atoms with Crippen molar-refractivity contribution in [2.24, 2.45) is 4.99 Å². The van der Waals surface area contributed by atoms with Gasteiger partial charge in [-0.2, -0.15) is 0 Å². The molecule has 0 saturated heterocycles. The first-order chi connectivity index (χ1) is 12.3. The van der Waals surface area contributed by atoms with Crippen LogP contribution < -0.4 is 5.32 Å². The highest BCUT2D eigenvalue weighted by Crippen LogP contribution is 2.22. The van der Waals surface area contributed by atoms with E-state index in [2.05, 4.69) is 67.2 Å². The molecule has 0 radical (unpaired) electrons. The fourth-order valence-corrected chi connectivity index (χ4v) is 3.86. The summed E-state index contributed by atoms with van der Waals surface area (Å²) in [5.41, 5.74) is 3.77. The molecule has 1 N–H and O–H groups in total. The van der Waals surface area contributed by atoms with Gasteiger partial charge in [-0.15, -0.1) is 35.3 Å². The minimum absolute atomic E-state index is 0. The number of hydrogen-bond acceptors (Lipinski definition) is 3. The molecule has 0 amide bonds. The summed E-state index contributed by atoms with van der Waals surface area (Å²) in [5.74, 6) is 0.930. The molecule has 0 unspecified atom stereocenters. The molecule has 0 spiro atoms. The Labute approximate surface area is 174 Å². The van der Waals surface area contributed by atoms with Crippen LogP contribution in [-0.2, 0) is 6.54 Å². The van der Waals surface area contributed by atoms with Crippen LogP contribution in [0.25, 0.3) is 10.5 Å². The zero-order valence-corrected chi connectivity index (χ0v) is 17.8. The summed E-state index contributed by atoms with van der Waals surface area (Å²) in [6, 6.07) is 10.6. The highest BCUT2D eigenvalue weighted by Gasteiger charge is 2.16. The predicted molar refractivity (Wildman–Crippen MR) is 119 cm³/mol. The molecule has 4 rings (SSSR count). The molecule has 3 aromatic rings. The normalized spacial score (nSPS) is 14.9. The maximum atomic E-state index is 4.61. The number of fused-ring (bicyclic) bond motifs is 1. The fourth-order valence-electron chi connectivity index (χ4n) is 3.14. The molecule has 0 saturated carbocycles. The van der Waals surface area contributed by atoms with Gasteiger partial charge in [0.1, 0.15) is 0 Å². The van der Waals surface area contributed by atoms with Crippen LogP contribution in [0.1, 0.15) is 17.7 Å². The Morgan fingerprint density at radius 2 is 2.15 bits per heavy atom. The first-order valence-electron chi connectivity index (χ1n) is 8.44. The van der Waals surface area contributed by atoms with Gasteiger partial charge in [-0.05, 0) is 17.6 Å². The topological polar surface area (TPSA) is 44.9 Å². The number of nitrogens with zero attached hydrogens (tertiary/aromatic N) is 4. The van der Waals surface area contributed by atoms with E-state index in [0.29, 0.717) is 6.54 Å². The Hall–Kier alpha value is -1.87. The predicted octanol–water partition coefficient (Wildman–Crippen LogP) is 3.88. The van der Waals surface area contributed by atoms with Gasteiger partial charge in [0.2, 0.25) is 0 Å². The zero-order valence-electron chi connectivity index (χ0n) is 14.6. The van der Waals surface area contributed by atoms with Crippen molar-refractivity contribution in [3.05, 3.63) is 65.4 Å². The lowest BCUT2D eigenvalue weighted by Crippen LogP contribution is -2.43. The van der Waals surface area contributed by atoms with E-state index in [0.717, 1.165) is 36.1 Å². The second-order valence-corrected chi connectivity index (χ2v) is 6.89. The monoisotopic (exact) mass is 479 g/mol. The Balaban J connectivity index is 0.00000196. The summed E-state index contributed by atoms with van der Waals surface area (Å²) in [5, 5.41) is 5.48. The molecule has 2 aromatic heterocycles. The summed E-state index contributed by atoms with van der Waals surface area (Å²) in [6.45, 7) is 2.54. The van der Waals surface area contributed by atoms with Gasteiger partial charge in [-0.1, -0.05) is 36.4 Å². The van der Waals surface area contributed by atoms with E-state index in [1.54, 1.807) is 11.3 Å². The van der Waals surface area contributed by atoms with Gasteiger partial charge < -0.3 is 10.2 Å². The van der Waals surface area contributed by atoms with Gasteiger partial charge >= 0.3 is 0 Å². The Morgan fingerprint density at radius 1 is 1.31 bits per heavy atom. The summed E-state index contributed by atoms with van der Waals surface area (Å²) in [6.07, 6.45) is 7.44. The maximum absolute atomic E-state index is 4.61. The molecule has 7 heteroatoms. The molecule has 3 heterocycles. The maximum Gasteiger partial charge on any atom is 0.194 e. The van der Waals surface area contributed by atoms with Crippen molar-refractivity contribution in [3.8, 4) is 0 Å². The van der Waals surface area contributed by atoms with Gasteiger partial charge in [0.05, 0.1) is 12.2 Å². The molecule has 0 aliphatic carbocycles. The number of rotatable bonds is 3. The van der Waals surface area contributed by atoms with Crippen molar-refractivity contribution >= 4 is 51.8 Å². The number of hydrogen-bond donors (Lipinski definition) is 1. The molecule has 1 aliphatic rings. The number of nitrogens with one attached hydrogen (secondary N) is 1. The van der Waals surface area contributed by atoms with E-state index in [1.807, 2.05) is 18.6 Å². The Bertz CT molecular complexity index is 884. The smallest absolute Gasteiger partial charge is 0.194 e. The standard InChI is InChI=1S/C19H21N5S.HI/c1-20-18(21-13-17-14-24-11-12-25-19(24)22-17)23-9-7-16(8-10-23)15-5-3-2-4-6-15;/h2-7,11-12,14H,8-10,13H2,1H3,(H,20,21);1H. The van der Waals surface area contributed by atoms with E-state index in [4.69, 9.17) is 0 Å². The second-order valence-electron chi connectivity index (χ2n) is 6.02. The van der Waals surface area contributed by atoms with Crippen molar-refractivity contribution in [3.63, 3.8) is 0 Å². The molecule has 26 heavy (non-hydrogen) atoms. The number of benzene rings is 1. The SMILES string of the molecule is CN=C(NCc1cn2ccsc2n1)N1CC=C(c2ccccc2)CC1.I. The van der Waals surface area contributed by atoms with E-state index >= 15 is 0 Å². The molecule has 0 fully saturated rings. The van der Waals surface area contributed by atoms with Crippen LogP contribution in [0.3, 0.4) is 0 Å². The highest BCUT2D eigenvalue weighted by atomic mass is 127. The number of guanidine groups is 1. The summed E-state index contributed by atoms with van der Waals surface area (Å²) in [7, 11) is 1.84. The number of aromatic nitrogens is 2. The molecule has 0 atom stereocenters. The number of thiazole rings is 1. The molecule has 5 nitrogen and oxygen atoms in total.